The lowest BCUT2D eigenvalue weighted by atomic mass is 10.0. The van der Waals surface area contributed by atoms with Crippen molar-refractivity contribution in [2.75, 3.05) is 13.2 Å². The SMILES string of the molecule is CC/C=C\C/C=C\C/C=C\C/C=C\C/C=C\CCCCCCCCCCCCCCCC(=O)OCC(COC(=O)CCCCCCC/C=C\CCCCCCCC)OC(=O)CCCCCCCCC/C=C\CCCCCCCCC. The Morgan fingerprint density at radius 2 is 0.487 bits per heavy atom. The fourth-order valence-electron chi connectivity index (χ4n) is 9.93. The van der Waals surface area contributed by atoms with Crippen LogP contribution >= 0.6 is 0 Å². The van der Waals surface area contributed by atoms with E-state index in [0.29, 0.717) is 19.3 Å². The highest BCUT2D eigenvalue weighted by atomic mass is 16.6. The summed E-state index contributed by atoms with van der Waals surface area (Å²) in [7, 11) is 0. The van der Waals surface area contributed by atoms with Crippen molar-refractivity contribution in [2.45, 2.75) is 354 Å². The maximum Gasteiger partial charge on any atom is 0.306 e. The number of allylic oxidation sites excluding steroid dienone is 14. The van der Waals surface area contributed by atoms with Gasteiger partial charge in [0.25, 0.3) is 0 Å². The van der Waals surface area contributed by atoms with Crippen molar-refractivity contribution in [3.63, 3.8) is 0 Å². The van der Waals surface area contributed by atoms with Gasteiger partial charge >= 0.3 is 17.9 Å². The summed E-state index contributed by atoms with van der Waals surface area (Å²) in [5, 5.41) is 0. The maximum atomic E-state index is 12.9. The number of rotatable bonds is 63. The van der Waals surface area contributed by atoms with Crippen LogP contribution in [0.5, 0.6) is 0 Å². The van der Waals surface area contributed by atoms with Crippen molar-refractivity contribution in [1.82, 2.24) is 0 Å². The van der Waals surface area contributed by atoms with Gasteiger partial charge in [-0.25, -0.2) is 0 Å². The third-order valence-corrected chi connectivity index (χ3v) is 15.1. The Morgan fingerprint density at radius 1 is 0.263 bits per heavy atom. The molecule has 6 nitrogen and oxygen atoms in total. The first kappa shape index (κ1) is 76.6. The van der Waals surface area contributed by atoms with Crippen LogP contribution in [-0.4, -0.2) is 37.2 Å². The summed E-state index contributed by atoms with van der Waals surface area (Å²) in [6.07, 6.45) is 90.3. The quantitative estimate of drug-likeness (QED) is 0.0261. The van der Waals surface area contributed by atoms with Gasteiger partial charge in [0, 0.05) is 19.3 Å². The predicted molar refractivity (Wildman–Crippen MR) is 348 cm³/mol. The zero-order valence-corrected chi connectivity index (χ0v) is 53.1. The van der Waals surface area contributed by atoms with E-state index in [-0.39, 0.29) is 31.1 Å². The summed E-state index contributed by atoms with van der Waals surface area (Å²) in [5.74, 6) is -0.875. The van der Waals surface area contributed by atoms with Gasteiger partial charge in [0.15, 0.2) is 6.10 Å². The van der Waals surface area contributed by atoms with Gasteiger partial charge in [-0.3, -0.25) is 14.4 Å². The molecule has 80 heavy (non-hydrogen) atoms. The summed E-state index contributed by atoms with van der Waals surface area (Å²) >= 11 is 0. The molecule has 0 rings (SSSR count). The lowest BCUT2D eigenvalue weighted by Gasteiger charge is -2.18. The first-order valence-corrected chi connectivity index (χ1v) is 34.6. The lowest BCUT2D eigenvalue weighted by Crippen LogP contribution is -2.30. The lowest BCUT2D eigenvalue weighted by molar-refractivity contribution is -0.167. The van der Waals surface area contributed by atoms with Crippen molar-refractivity contribution in [2.24, 2.45) is 0 Å². The molecule has 0 fully saturated rings. The minimum absolute atomic E-state index is 0.0787. The minimum atomic E-state index is -0.783. The van der Waals surface area contributed by atoms with Crippen LogP contribution in [0.4, 0.5) is 0 Å². The number of unbranched alkanes of at least 4 members (excludes halogenated alkanes) is 38. The fourth-order valence-corrected chi connectivity index (χ4v) is 9.93. The normalized spacial score (nSPS) is 12.6. The molecule has 0 aliphatic heterocycles. The number of carbonyl (C=O) groups excluding carboxylic acids is 3. The highest BCUT2D eigenvalue weighted by Crippen LogP contribution is 2.17. The van der Waals surface area contributed by atoms with E-state index in [9.17, 15) is 14.4 Å². The molecule has 0 aromatic carbocycles. The summed E-state index contributed by atoms with van der Waals surface area (Å²) in [4.78, 5) is 38.4. The zero-order valence-electron chi connectivity index (χ0n) is 53.1. The van der Waals surface area contributed by atoms with Crippen LogP contribution in [-0.2, 0) is 28.6 Å². The molecule has 0 saturated heterocycles. The number of hydrogen-bond acceptors (Lipinski definition) is 6. The number of ether oxygens (including phenoxy) is 3. The van der Waals surface area contributed by atoms with Gasteiger partial charge in [-0.05, 0) is 116 Å². The van der Waals surface area contributed by atoms with Gasteiger partial charge in [-0.15, -0.1) is 0 Å². The first-order chi connectivity index (χ1) is 39.5. The van der Waals surface area contributed by atoms with E-state index in [2.05, 4.69) is 106 Å². The van der Waals surface area contributed by atoms with Crippen molar-refractivity contribution in [3.05, 3.63) is 85.1 Å². The van der Waals surface area contributed by atoms with E-state index in [0.717, 1.165) is 96.3 Å². The van der Waals surface area contributed by atoms with E-state index < -0.39 is 6.10 Å². The van der Waals surface area contributed by atoms with E-state index in [1.165, 1.54) is 212 Å². The Balaban J connectivity index is 4.28. The Labute approximate surface area is 496 Å². The Hall–Kier alpha value is -3.41. The molecule has 0 aliphatic rings. The molecule has 0 spiro atoms. The molecule has 0 aliphatic carbocycles. The third-order valence-electron chi connectivity index (χ3n) is 15.1. The fraction of sp³-hybridized carbons (Fsp3) is 0.770. The zero-order chi connectivity index (χ0) is 57.8. The maximum absolute atomic E-state index is 12.9. The molecule has 0 amide bonds. The van der Waals surface area contributed by atoms with Gasteiger partial charge in [-0.2, -0.15) is 0 Å². The third kappa shape index (κ3) is 65.4. The standard InChI is InChI=1S/C74H130O6/c1-4-7-10-13-16-19-22-25-28-30-32-33-34-35-36-37-38-39-40-41-42-44-46-49-52-55-58-61-64-67-73(76)79-70-71(69-78-72(75)66-63-60-57-54-51-48-45-27-24-21-18-15-12-9-6-3)80-74(77)68-65-62-59-56-53-50-47-43-31-29-26-23-20-17-14-11-8-5-2/h7,10,16,19,25,27-29,31-33,35-36,45,71H,4-6,8-9,11-15,17-18,20-24,26,30,34,37-44,46-70H2,1-3H3/b10-7-,19-16-,28-25-,31-29-,33-32-,36-35-,45-27-. The Morgan fingerprint density at radius 3 is 0.775 bits per heavy atom. The van der Waals surface area contributed by atoms with Gasteiger partial charge < -0.3 is 14.2 Å². The number of carbonyl (C=O) groups is 3. The van der Waals surface area contributed by atoms with Crippen LogP contribution < -0.4 is 0 Å². The molecular weight excluding hydrogens is 985 g/mol. The van der Waals surface area contributed by atoms with Crippen molar-refractivity contribution in [1.29, 1.82) is 0 Å². The van der Waals surface area contributed by atoms with Gasteiger partial charge in [0.1, 0.15) is 13.2 Å². The predicted octanol–water partition coefficient (Wildman–Crippen LogP) is 23.8. The second-order valence-corrected chi connectivity index (χ2v) is 23.1. The second kappa shape index (κ2) is 68.1. The second-order valence-electron chi connectivity index (χ2n) is 23.1. The van der Waals surface area contributed by atoms with Crippen LogP contribution in [0.1, 0.15) is 348 Å². The molecule has 1 atom stereocenters. The van der Waals surface area contributed by atoms with E-state index in [1.807, 2.05) is 0 Å². The van der Waals surface area contributed by atoms with Gasteiger partial charge in [0.05, 0.1) is 0 Å². The molecule has 1 unspecified atom stereocenters. The molecule has 462 valence electrons. The molecule has 0 heterocycles. The molecule has 0 bridgehead atoms. The smallest absolute Gasteiger partial charge is 0.306 e. The molecule has 0 saturated carbocycles. The Kier molecular flexibility index (Phi) is 65.2. The molecular formula is C74H130O6. The molecule has 0 N–H and O–H groups in total. The molecule has 0 aromatic rings. The topological polar surface area (TPSA) is 78.9 Å². The molecule has 6 heteroatoms. The molecule has 0 radical (unpaired) electrons. The van der Waals surface area contributed by atoms with Crippen LogP contribution in [0.3, 0.4) is 0 Å². The van der Waals surface area contributed by atoms with Crippen molar-refractivity contribution >= 4 is 17.9 Å². The monoisotopic (exact) mass is 1110 g/mol. The Bertz CT molecular complexity index is 1520. The average molecular weight is 1120 g/mol. The van der Waals surface area contributed by atoms with E-state index in [4.69, 9.17) is 14.2 Å². The summed E-state index contributed by atoms with van der Waals surface area (Å²) in [6, 6.07) is 0. The van der Waals surface area contributed by atoms with Gasteiger partial charge in [-0.1, -0.05) is 298 Å². The average Bonchev–Trinajstić information content (AvgIpc) is 3.46. The van der Waals surface area contributed by atoms with E-state index in [1.54, 1.807) is 0 Å². The summed E-state index contributed by atoms with van der Waals surface area (Å²) in [6.45, 7) is 6.55. The summed E-state index contributed by atoms with van der Waals surface area (Å²) in [5.41, 5.74) is 0. The highest BCUT2D eigenvalue weighted by molar-refractivity contribution is 5.71. The van der Waals surface area contributed by atoms with E-state index >= 15 is 0 Å². The van der Waals surface area contributed by atoms with Gasteiger partial charge in [0.2, 0.25) is 0 Å². The molecule has 0 aromatic heterocycles. The van der Waals surface area contributed by atoms with Crippen molar-refractivity contribution < 1.29 is 28.6 Å². The minimum Gasteiger partial charge on any atom is -0.462 e. The van der Waals surface area contributed by atoms with Crippen LogP contribution in [0.25, 0.3) is 0 Å². The van der Waals surface area contributed by atoms with Crippen molar-refractivity contribution in [3.8, 4) is 0 Å². The first-order valence-electron chi connectivity index (χ1n) is 34.6. The number of hydrogen-bond donors (Lipinski definition) is 0. The number of esters is 3. The van der Waals surface area contributed by atoms with Crippen LogP contribution in [0.2, 0.25) is 0 Å². The summed E-state index contributed by atoms with van der Waals surface area (Å²) < 4.78 is 17.0. The largest absolute Gasteiger partial charge is 0.462 e. The highest BCUT2D eigenvalue weighted by Gasteiger charge is 2.19. The van der Waals surface area contributed by atoms with Crippen LogP contribution in [0, 0.1) is 0 Å². The van der Waals surface area contributed by atoms with Crippen LogP contribution in [0.15, 0.2) is 85.1 Å².